The van der Waals surface area contributed by atoms with Crippen LogP contribution in [-0.4, -0.2) is 15.7 Å². The Morgan fingerprint density at radius 1 is 1.16 bits per heavy atom. The summed E-state index contributed by atoms with van der Waals surface area (Å²) < 4.78 is 2.04. The van der Waals surface area contributed by atoms with E-state index >= 15 is 0 Å². The van der Waals surface area contributed by atoms with Crippen molar-refractivity contribution >= 4 is 32.6 Å². The van der Waals surface area contributed by atoms with Gasteiger partial charge in [-0.15, -0.1) is 0 Å². The summed E-state index contributed by atoms with van der Waals surface area (Å²) in [5.74, 6) is 0.274. The smallest absolute Gasteiger partial charge is 0.165 e. The van der Waals surface area contributed by atoms with Crippen LogP contribution in [0.4, 0.5) is 0 Å². The molecular formula is C16H20BrNO. The van der Waals surface area contributed by atoms with Crippen molar-refractivity contribution in [3.05, 3.63) is 36.0 Å². The second kappa shape index (κ2) is 6.90. The summed E-state index contributed by atoms with van der Waals surface area (Å²) in [6.45, 7) is 0. The highest BCUT2D eigenvalue weighted by atomic mass is 79.9. The predicted molar refractivity (Wildman–Crippen MR) is 84.1 cm³/mol. The van der Waals surface area contributed by atoms with Crippen LogP contribution in [0.15, 0.2) is 30.5 Å². The number of halogens is 1. The van der Waals surface area contributed by atoms with Gasteiger partial charge in [0.1, 0.15) is 0 Å². The van der Waals surface area contributed by atoms with E-state index in [1.807, 2.05) is 36.0 Å². The SMILES string of the molecule is Cn1cc(C(=O)CCCCCCBr)c2ccccc21. The molecule has 0 saturated carbocycles. The number of carbonyl (C=O) groups is 1. The third-order valence-corrected chi connectivity index (χ3v) is 4.05. The normalized spacial score (nSPS) is 11.1. The molecule has 3 heteroatoms. The molecule has 0 radical (unpaired) electrons. The lowest BCUT2D eigenvalue weighted by Gasteiger charge is -2.00. The quantitative estimate of drug-likeness (QED) is 0.411. The molecule has 0 fully saturated rings. The Morgan fingerprint density at radius 2 is 1.89 bits per heavy atom. The standard InChI is InChI=1S/C16H20BrNO/c1-18-12-14(13-8-5-6-9-15(13)18)16(19)10-4-2-3-7-11-17/h5-6,8-9,12H,2-4,7,10-11H2,1H3. The van der Waals surface area contributed by atoms with E-state index in [2.05, 4.69) is 22.0 Å². The predicted octanol–water partition coefficient (Wildman–Crippen LogP) is 4.71. The maximum Gasteiger partial charge on any atom is 0.165 e. The van der Waals surface area contributed by atoms with Crippen molar-refractivity contribution in [2.45, 2.75) is 32.1 Å². The number of rotatable bonds is 7. The van der Waals surface area contributed by atoms with E-state index in [1.54, 1.807) is 0 Å². The zero-order valence-electron chi connectivity index (χ0n) is 11.4. The number of hydrogen-bond donors (Lipinski definition) is 0. The molecule has 1 aromatic heterocycles. The van der Waals surface area contributed by atoms with Crippen LogP contribution in [0.2, 0.25) is 0 Å². The molecule has 2 rings (SSSR count). The summed E-state index contributed by atoms with van der Waals surface area (Å²) in [5, 5.41) is 2.14. The summed E-state index contributed by atoms with van der Waals surface area (Å²) in [5.41, 5.74) is 2.00. The molecule has 102 valence electrons. The van der Waals surface area contributed by atoms with Gasteiger partial charge in [0.05, 0.1) is 0 Å². The highest BCUT2D eigenvalue weighted by Gasteiger charge is 2.12. The minimum atomic E-state index is 0.274. The number of nitrogens with zero attached hydrogens (tertiary/aromatic N) is 1. The Labute approximate surface area is 122 Å². The number of carbonyl (C=O) groups excluding carboxylic acids is 1. The van der Waals surface area contributed by atoms with Crippen LogP contribution < -0.4 is 0 Å². The molecular weight excluding hydrogens is 302 g/mol. The van der Waals surface area contributed by atoms with E-state index in [9.17, 15) is 4.79 Å². The van der Waals surface area contributed by atoms with Gasteiger partial charge in [0, 0.05) is 41.5 Å². The molecule has 0 amide bonds. The van der Waals surface area contributed by atoms with Gasteiger partial charge in [-0.05, 0) is 18.9 Å². The molecule has 0 aliphatic heterocycles. The number of ketones is 1. The summed E-state index contributed by atoms with van der Waals surface area (Å²) in [6, 6.07) is 8.10. The average molecular weight is 322 g/mol. The maximum atomic E-state index is 12.3. The molecule has 2 nitrogen and oxygen atoms in total. The number of unbranched alkanes of at least 4 members (excludes halogenated alkanes) is 3. The van der Waals surface area contributed by atoms with Crippen molar-refractivity contribution in [2.24, 2.45) is 7.05 Å². The van der Waals surface area contributed by atoms with Crippen LogP contribution in [0.1, 0.15) is 42.5 Å². The average Bonchev–Trinajstić information content (AvgIpc) is 2.76. The third kappa shape index (κ3) is 3.47. The Bertz CT molecular complexity index is 559. The monoisotopic (exact) mass is 321 g/mol. The number of aromatic nitrogens is 1. The number of benzene rings is 1. The zero-order valence-corrected chi connectivity index (χ0v) is 12.9. The molecule has 0 bridgehead atoms. The number of Topliss-reactive ketones (excluding diaryl/α,β-unsaturated/α-hetero) is 1. The molecule has 0 aliphatic carbocycles. The van der Waals surface area contributed by atoms with Gasteiger partial charge in [0.2, 0.25) is 0 Å². The van der Waals surface area contributed by atoms with E-state index in [4.69, 9.17) is 0 Å². The number of aryl methyl sites for hydroxylation is 1. The van der Waals surface area contributed by atoms with Crippen molar-refractivity contribution < 1.29 is 4.79 Å². The van der Waals surface area contributed by atoms with Crippen LogP contribution in [0.3, 0.4) is 0 Å². The fourth-order valence-electron chi connectivity index (χ4n) is 2.43. The van der Waals surface area contributed by atoms with E-state index in [0.717, 1.165) is 34.6 Å². The topological polar surface area (TPSA) is 22.0 Å². The number of para-hydroxylation sites is 1. The molecule has 0 aliphatic rings. The lowest BCUT2D eigenvalue weighted by molar-refractivity contribution is 0.0980. The first-order valence-corrected chi connectivity index (χ1v) is 7.99. The van der Waals surface area contributed by atoms with Crippen LogP contribution in [0.25, 0.3) is 10.9 Å². The fourth-order valence-corrected chi connectivity index (χ4v) is 2.83. The molecule has 2 aromatic rings. The Balaban J connectivity index is 2.01. The summed E-state index contributed by atoms with van der Waals surface area (Å²) >= 11 is 3.43. The van der Waals surface area contributed by atoms with Gasteiger partial charge in [-0.3, -0.25) is 4.79 Å². The van der Waals surface area contributed by atoms with Gasteiger partial charge in [-0.25, -0.2) is 0 Å². The zero-order chi connectivity index (χ0) is 13.7. The minimum absolute atomic E-state index is 0.274. The first-order chi connectivity index (χ1) is 9.24. The number of fused-ring (bicyclic) bond motifs is 1. The van der Waals surface area contributed by atoms with Gasteiger partial charge in [-0.2, -0.15) is 0 Å². The van der Waals surface area contributed by atoms with Crippen molar-refractivity contribution in [1.29, 1.82) is 0 Å². The molecule has 0 atom stereocenters. The van der Waals surface area contributed by atoms with Crippen LogP contribution in [0.5, 0.6) is 0 Å². The Kier molecular flexibility index (Phi) is 5.20. The van der Waals surface area contributed by atoms with Crippen molar-refractivity contribution in [3.63, 3.8) is 0 Å². The lowest BCUT2D eigenvalue weighted by atomic mass is 10.0. The van der Waals surface area contributed by atoms with Gasteiger partial charge >= 0.3 is 0 Å². The largest absolute Gasteiger partial charge is 0.350 e. The minimum Gasteiger partial charge on any atom is -0.350 e. The van der Waals surface area contributed by atoms with E-state index in [-0.39, 0.29) is 5.78 Å². The van der Waals surface area contributed by atoms with Gasteiger partial charge in [-0.1, -0.05) is 47.0 Å². The van der Waals surface area contributed by atoms with Gasteiger partial charge in [0.15, 0.2) is 5.78 Å². The van der Waals surface area contributed by atoms with Crippen LogP contribution in [0, 0.1) is 0 Å². The molecule has 1 aromatic carbocycles. The van der Waals surface area contributed by atoms with Crippen molar-refractivity contribution in [1.82, 2.24) is 4.57 Å². The van der Waals surface area contributed by atoms with Crippen molar-refractivity contribution in [2.75, 3.05) is 5.33 Å². The second-order valence-electron chi connectivity index (χ2n) is 4.95. The number of hydrogen-bond acceptors (Lipinski definition) is 1. The second-order valence-corrected chi connectivity index (χ2v) is 5.74. The number of alkyl halides is 1. The van der Waals surface area contributed by atoms with Crippen molar-refractivity contribution in [3.8, 4) is 0 Å². The van der Waals surface area contributed by atoms with E-state index < -0.39 is 0 Å². The van der Waals surface area contributed by atoms with E-state index in [0.29, 0.717) is 6.42 Å². The fraction of sp³-hybridized carbons (Fsp3) is 0.438. The third-order valence-electron chi connectivity index (χ3n) is 3.48. The molecule has 19 heavy (non-hydrogen) atoms. The molecule has 1 heterocycles. The van der Waals surface area contributed by atoms with Crippen LogP contribution >= 0.6 is 15.9 Å². The molecule has 0 spiro atoms. The van der Waals surface area contributed by atoms with Crippen LogP contribution in [-0.2, 0) is 7.05 Å². The lowest BCUT2D eigenvalue weighted by Crippen LogP contribution is -1.98. The Morgan fingerprint density at radius 3 is 2.68 bits per heavy atom. The molecule has 0 saturated heterocycles. The van der Waals surface area contributed by atoms with E-state index in [1.165, 1.54) is 12.8 Å². The maximum absolute atomic E-state index is 12.3. The summed E-state index contributed by atoms with van der Waals surface area (Å²) in [6.07, 6.45) is 7.16. The Hall–Kier alpha value is -1.09. The first-order valence-electron chi connectivity index (χ1n) is 6.87. The van der Waals surface area contributed by atoms with Gasteiger partial charge in [0.25, 0.3) is 0 Å². The molecule has 0 unspecified atom stereocenters. The summed E-state index contributed by atoms with van der Waals surface area (Å²) in [4.78, 5) is 12.3. The highest BCUT2D eigenvalue weighted by Crippen LogP contribution is 2.22. The molecule has 0 N–H and O–H groups in total. The van der Waals surface area contributed by atoms with Gasteiger partial charge < -0.3 is 4.57 Å². The summed E-state index contributed by atoms with van der Waals surface area (Å²) in [7, 11) is 2.00. The first kappa shape index (κ1) is 14.3. The highest BCUT2D eigenvalue weighted by molar-refractivity contribution is 9.09.